The molecule has 9 heteroatoms. The number of carbonyl (C=O) groups is 3. The van der Waals surface area contributed by atoms with Crippen molar-refractivity contribution in [3.8, 4) is 0 Å². The summed E-state index contributed by atoms with van der Waals surface area (Å²) in [7, 11) is 6.47. The number of para-hydroxylation sites is 1. The average Bonchev–Trinajstić information content (AvgIpc) is 3.15. The zero-order valence-corrected chi connectivity index (χ0v) is 33.9. The third kappa shape index (κ3) is 18.1. The molecule has 2 amide bonds. The van der Waals surface area contributed by atoms with Crippen molar-refractivity contribution >= 4 is 54.4 Å². The monoisotopic (exact) mass is 715 g/mol. The number of aryl methyl sites for hydroxylation is 1. The molecule has 0 atom stereocenters. The van der Waals surface area contributed by atoms with E-state index in [-0.39, 0.29) is 30.4 Å². The van der Waals surface area contributed by atoms with Crippen LogP contribution in [0.15, 0.2) is 66.7 Å². The third-order valence-corrected chi connectivity index (χ3v) is 6.97. The number of carboxylic acid groups (broad SMARTS) is 1. The molecule has 0 spiro atoms. The summed E-state index contributed by atoms with van der Waals surface area (Å²) < 4.78 is 0. The van der Waals surface area contributed by atoms with Crippen molar-refractivity contribution in [3.05, 3.63) is 94.5 Å². The molecule has 0 aliphatic carbocycles. The summed E-state index contributed by atoms with van der Waals surface area (Å²) in [4.78, 5) is 36.5. The Morgan fingerprint density at radius 3 is 1.92 bits per heavy atom. The second kappa shape index (κ2) is 28.1. The summed E-state index contributed by atoms with van der Waals surface area (Å²) in [6.07, 6.45) is 6.15. The molecule has 8 nitrogen and oxygen atoms in total. The molecule has 1 heterocycles. The molecule has 285 valence electrons. The number of fused-ring (bicyclic) bond motifs is 2. The number of aromatic carboxylic acids is 1. The van der Waals surface area contributed by atoms with Crippen LogP contribution in [0.25, 0.3) is 12.2 Å². The van der Waals surface area contributed by atoms with Gasteiger partial charge in [0.2, 0.25) is 5.91 Å². The van der Waals surface area contributed by atoms with Gasteiger partial charge < -0.3 is 10.4 Å². The van der Waals surface area contributed by atoms with E-state index in [9.17, 15) is 19.5 Å². The first kappa shape index (κ1) is 49.6. The third-order valence-electron chi connectivity index (χ3n) is 6.97. The van der Waals surface area contributed by atoms with Crippen molar-refractivity contribution in [1.82, 2.24) is 5.32 Å². The number of hydrogen-bond donors (Lipinski definition) is 4. The van der Waals surface area contributed by atoms with Gasteiger partial charge in [-0.1, -0.05) is 62.3 Å². The van der Waals surface area contributed by atoms with E-state index in [4.69, 9.17) is 12.6 Å². The molecule has 0 fully saturated rings. The molecule has 1 radical (unpaired) electrons. The SMILES string of the molecule is CC.CC.CC.CC.CCCC(=O)Nc1cc(C)cc(C(=O)O)c1.[B]=C(CCC(=O)NC(C)(C)CO)N1Cc2ccccc2/C=C\c2ccccc21. The van der Waals surface area contributed by atoms with Crippen molar-refractivity contribution in [2.24, 2.45) is 0 Å². The number of nitrogens with one attached hydrogen (secondary N) is 2. The van der Waals surface area contributed by atoms with Crippen molar-refractivity contribution in [2.45, 2.75) is 121 Å². The fraction of sp³-hybridized carbons (Fsp3) is 0.442. The average molecular weight is 715 g/mol. The Labute approximate surface area is 315 Å². The van der Waals surface area contributed by atoms with Crippen LogP contribution in [0.5, 0.6) is 0 Å². The summed E-state index contributed by atoms with van der Waals surface area (Å²) in [5.74, 6) is -1.21. The van der Waals surface area contributed by atoms with Crippen LogP contribution in [0, 0.1) is 6.92 Å². The van der Waals surface area contributed by atoms with Gasteiger partial charge >= 0.3 is 174 Å². The minimum atomic E-state index is -0.991. The van der Waals surface area contributed by atoms with Crippen LogP contribution in [-0.4, -0.2) is 53.2 Å². The molecule has 1 aliphatic rings. The van der Waals surface area contributed by atoms with Crippen LogP contribution in [0.4, 0.5) is 11.4 Å². The molecule has 0 aromatic heterocycles. The maximum atomic E-state index is 12.3. The molecule has 1 aliphatic heterocycles. The normalized spacial score (nSPS) is 11.2. The van der Waals surface area contributed by atoms with Gasteiger partial charge in [-0.05, 0) is 37.1 Å². The van der Waals surface area contributed by atoms with Crippen LogP contribution >= 0.6 is 0 Å². The fourth-order valence-electron chi connectivity index (χ4n) is 4.69. The number of carbonyl (C=O) groups excluding carboxylic acids is 2. The van der Waals surface area contributed by atoms with Gasteiger partial charge in [0.15, 0.2) is 0 Å². The molecule has 0 unspecified atom stereocenters. The Balaban J connectivity index is 0. The van der Waals surface area contributed by atoms with E-state index in [0.29, 0.717) is 30.7 Å². The van der Waals surface area contributed by atoms with Gasteiger partial charge in [0.25, 0.3) is 0 Å². The van der Waals surface area contributed by atoms with E-state index in [2.05, 4.69) is 52.0 Å². The molecule has 0 bridgehead atoms. The Morgan fingerprint density at radius 1 is 0.788 bits per heavy atom. The molecule has 3 aromatic rings. The number of rotatable bonds is 10. The number of carboxylic acids is 1. The molecule has 4 N–H and O–H groups in total. The minimum absolute atomic E-state index is 0.0931. The number of aliphatic hydroxyl groups is 1. The molecular formula is C43H65BN3O5. The molecule has 52 heavy (non-hydrogen) atoms. The number of nitrogens with zero attached hydrogens (tertiary/aromatic N) is 1. The summed E-state index contributed by atoms with van der Waals surface area (Å²) in [6.45, 7) is 23.8. The van der Waals surface area contributed by atoms with Crippen LogP contribution in [0.3, 0.4) is 0 Å². The molecule has 0 saturated heterocycles. The quantitative estimate of drug-likeness (QED) is 0.155. The van der Waals surface area contributed by atoms with E-state index in [1.807, 2.05) is 86.6 Å². The van der Waals surface area contributed by atoms with Gasteiger partial charge in [-0.25, -0.2) is 4.79 Å². The van der Waals surface area contributed by atoms with E-state index < -0.39 is 11.5 Å². The summed E-state index contributed by atoms with van der Waals surface area (Å²) in [6, 6.07) is 21.2. The summed E-state index contributed by atoms with van der Waals surface area (Å²) in [5.41, 5.74) is 6.01. The Bertz CT molecular complexity index is 1530. The number of benzene rings is 3. The second-order valence-electron chi connectivity index (χ2n) is 11.4. The zero-order valence-electron chi connectivity index (χ0n) is 33.9. The van der Waals surface area contributed by atoms with Gasteiger partial charge in [-0.2, -0.15) is 0 Å². The number of aliphatic hydroxyl groups excluding tert-OH is 1. The van der Waals surface area contributed by atoms with E-state index in [1.54, 1.807) is 32.9 Å². The van der Waals surface area contributed by atoms with Crippen LogP contribution in [-0.2, 0) is 16.1 Å². The first-order chi connectivity index (χ1) is 24.9. The predicted octanol–water partition coefficient (Wildman–Crippen LogP) is 9.68. The van der Waals surface area contributed by atoms with Crippen molar-refractivity contribution in [3.63, 3.8) is 0 Å². The summed E-state index contributed by atoms with van der Waals surface area (Å²) >= 11 is 0. The summed E-state index contributed by atoms with van der Waals surface area (Å²) in [5, 5.41) is 23.7. The van der Waals surface area contributed by atoms with Gasteiger partial charge in [-0.3, -0.25) is 4.79 Å². The number of anilines is 2. The van der Waals surface area contributed by atoms with Crippen molar-refractivity contribution < 1.29 is 24.6 Å². The predicted molar refractivity (Wildman–Crippen MR) is 224 cm³/mol. The van der Waals surface area contributed by atoms with Gasteiger partial charge in [0.1, 0.15) is 0 Å². The molecular weight excluding hydrogens is 649 g/mol. The fourth-order valence-corrected chi connectivity index (χ4v) is 4.69. The Morgan fingerprint density at radius 2 is 1.35 bits per heavy atom. The molecule has 0 saturated carbocycles. The van der Waals surface area contributed by atoms with E-state index in [1.165, 1.54) is 11.6 Å². The van der Waals surface area contributed by atoms with E-state index >= 15 is 0 Å². The number of amides is 2. The standard InChI is InChI=1S/C23H26BN2O2.C12H15NO3.4C2H6/c1-23(2,16-27)25-22(28)14-13-21(24)26-15-19-9-4-3-7-17(19)11-12-18-8-5-6-10-20(18)26;1-3-4-11(14)13-10-6-8(2)5-9(7-10)12(15)16;4*1-2/h3-12,27H,13-16H2,1-2H3,(H,25,28);5-7H,3-4H2,1-2H3,(H,13,14)(H,15,16);4*1-2H3/b12-11-;;;;;. The van der Waals surface area contributed by atoms with Crippen molar-refractivity contribution in [2.75, 3.05) is 16.8 Å². The topological polar surface area (TPSA) is 119 Å². The van der Waals surface area contributed by atoms with Gasteiger partial charge in [0.05, 0.1) is 5.56 Å². The van der Waals surface area contributed by atoms with Crippen LogP contribution in [0.1, 0.15) is 134 Å². The number of hydrogen-bond acceptors (Lipinski definition) is 5. The van der Waals surface area contributed by atoms with E-state index in [0.717, 1.165) is 28.8 Å². The Hall–Kier alpha value is -4.50. The van der Waals surface area contributed by atoms with Gasteiger partial charge in [-0.15, -0.1) is 0 Å². The van der Waals surface area contributed by atoms with Crippen molar-refractivity contribution in [1.29, 1.82) is 0 Å². The van der Waals surface area contributed by atoms with Gasteiger partial charge in [0, 0.05) is 12.1 Å². The first-order valence-electron chi connectivity index (χ1n) is 18.7. The second-order valence-corrected chi connectivity index (χ2v) is 11.4. The Kier molecular flexibility index (Phi) is 26.8. The van der Waals surface area contributed by atoms with Crippen LogP contribution < -0.4 is 15.5 Å². The molecule has 3 aromatic carbocycles. The molecule has 4 rings (SSSR count). The first-order valence-corrected chi connectivity index (χ1v) is 18.7. The zero-order chi connectivity index (χ0) is 40.3. The maximum absolute atomic E-state index is 12.3. The van der Waals surface area contributed by atoms with Crippen LogP contribution in [0.2, 0.25) is 0 Å².